The van der Waals surface area contributed by atoms with Crippen molar-refractivity contribution in [1.29, 1.82) is 0 Å². The molecule has 0 bridgehead atoms. The van der Waals surface area contributed by atoms with Gasteiger partial charge >= 0.3 is 0 Å². The van der Waals surface area contributed by atoms with E-state index in [0.717, 1.165) is 6.42 Å². The van der Waals surface area contributed by atoms with Crippen LogP contribution in [0.3, 0.4) is 0 Å². The van der Waals surface area contributed by atoms with Crippen molar-refractivity contribution in [2.75, 3.05) is 18.0 Å². The molecule has 0 atom stereocenters. The number of hydrogen-bond acceptors (Lipinski definition) is 4. The van der Waals surface area contributed by atoms with E-state index in [0.29, 0.717) is 36.1 Å². The van der Waals surface area contributed by atoms with Gasteiger partial charge in [-0.15, -0.1) is 4.40 Å². The highest BCUT2D eigenvalue weighted by Gasteiger charge is 2.30. The summed E-state index contributed by atoms with van der Waals surface area (Å²) in [7, 11) is -3.77. The zero-order valence-electron chi connectivity index (χ0n) is 14.0. The first-order valence-electron chi connectivity index (χ1n) is 7.77. The minimum absolute atomic E-state index is 0.0906. The van der Waals surface area contributed by atoms with Gasteiger partial charge in [-0.3, -0.25) is 4.79 Å². The molecule has 1 aromatic carbocycles. The smallest absolute Gasteiger partial charge is 0.286 e. The third-order valence-electron chi connectivity index (χ3n) is 3.52. The molecule has 1 aromatic rings. The molecule has 1 N–H and O–H groups in total. The second-order valence-electron chi connectivity index (χ2n) is 6.06. The van der Waals surface area contributed by atoms with E-state index in [4.69, 9.17) is 0 Å². The molecule has 0 unspecified atom stereocenters. The lowest BCUT2D eigenvalue weighted by Crippen LogP contribution is -2.37. The lowest BCUT2D eigenvalue weighted by Gasteiger charge is -2.30. The Morgan fingerprint density at radius 3 is 2.65 bits per heavy atom. The monoisotopic (exact) mass is 337 g/mol. The number of carbonyl (C=O) groups excluding carboxylic acids is 1. The van der Waals surface area contributed by atoms with Crippen LogP contribution in [0.2, 0.25) is 0 Å². The Morgan fingerprint density at radius 1 is 1.35 bits per heavy atom. The first-order chi connectivity index (χ1) is 10.8. The molecule has 0 spiro atoms. The number of amidine groups is 1. The minimum atomic E-state index is -3.77. The van der Waals surface area contributed by atoms with Crippen LogP contribution in [0, 0.1) is 5.92 Å². The van der Waals surface area contributed by atoms with Gasteiger partial charge in [-0.1, -0.05) is 20.8 Å². The summed E-state index contributed by atoms with van der Waals surface area (Å²) in [6.07, 6.45) is 0.820. The van der Waals surface area contributed by atoms with E-state index in [9.17, 15) is 13.2 Å². The van der Waals surface area contributed by atoms with Gasteiger partial charge in [-0.2, -0.15) is 8.42 Å². The van der Waals surface area contributed by atoms with Crippen LogP contribution in [0.5, 0.6) is 0 Å². The van der Waals surface area contributed by atoms with Gasteiger partial charge in [0.2, 0.25) is 0 Å². The number of benzene rings is 1. The quantitative estimate of drug-likeness (QED) is 0.895. The van der Waals surface area contributed by atoms with Crippen LogP contribution in [0.25, 0.3) is 0 Å². The molecule has 1 aliphatic heterocycles. The molecular weight excluding hydrogens is 314 g/mol. The van der Waals surface area contributed by atoms with Crippen molar-refractivity contribution in [2.45, 2.75) is 39.0 Å². The molecular formula is C16H23N3O3S. The predicted molar refractivity (Wildman–Crippen MR) is 91.5 cm³/mol. The SMILES string of the molecule is CCCNC(=O)c1ccc2c(c1)S(=O)(=O)N=C(C)N2CC(C)C. The summed E-state index contributed by atoms with van der Waals surface area (Å²) in [6.45, 7) is 8.98. The van der Waals surface area contributed by atoms with Crippen LogP contribution in [0.15, 0.2) is 27.5 Å². The molecule has 0 fully saturated rings. The fourth-order valence-electron chi connectivity index (χ4n) is 2.47. The fourth-order valence-corrected chi connectivity index (χ4v) is 3.73. The number of fused-ring (bicyclic) bond motifs is 1. The maximum Gasteiger partial charge on any atom is 0.286 e. The molecule has 0 saturated heterocycles. The standard InChI is InChI=1S/C16H23N3O3S/c1-5-8-17-16(20)13-6-7-14-15(9-13)23(21,22)18-12(4)19(14)10-11(2)3/h6-7,9,11H,5,8,10H2,1-4H3,(H,17,20). The zero-order valence-corrected chi connectivity index (χ0v) is 14.8. The number of amides is 1. The molecule has 1 amide bonds. The molecule has 1 aliphatic rings. The summed E-state index contributed by atoms with van der Waals surface area (Å²) < 4.78 is 28.6. The molecule has 0 aliphatic carbocycles. The maximum absolute atomic E-state index is 12.4. The Kier molecular flexibility index (Phi) is 5.09. The number of nitrogens with zero attached hydrogens (tertiary/aromatic N) is 2. The molecule has 2 rings (SSSR count). The number of rotatable bonds is 5. The second-order valence-corrected chi connectivity index (χ2v) is 7.63. The van der Waals surface area contributed by atoms with E-state index < -0.39 is 10.0 Å². The van der Waals surface area contributed by atoms with Gasteiger partial charge in [-0.25, -0.2) is 0 Å². The van der Waals surface area contributed by atoms with Crippen LogP contribution in [-0.2, 0) is 10.0 Å². The van der Waals surface area contributed by atoms with Crippen LogP contribution in [-0.4, -0.2) is 33.3 Å². The molecule has 7 heteroatoms. The minimum Gasteiger partial charge on any atom is -0.352 e. The largest absolute Gasteiger partial charge is 0.352 e. The van der Waals surface area contributed by atoms with Crippen LogP contribution < -0.4 is 10.2 Å². The van der Waals surface area contributed by atoms with Gasteiger partial charge in [0.25, 0.3) is 15.9 Å². The molecule has 0 radical (unpaired) electrons. The highest BCUT2D eigenvalue weighted by molar-refractivity contribution is 7.90. The van der Waals surface area contributed by atoms with Gasteiger partial charge in [0.05, 0.1) is 5.69 Å². The molecule has 23 heavy (non-hydrogen) atoms. The second kappa shape index (κ2) is 6.70. The summed E-state index contributed by atoms with van der Waals surface area (Å²) in [4.78, 5) is 14.0. The first kappa shape index (κ1) is 17.5. The van der Waals surface area contributed by atoms with E-state index in [1.165, 1.54) is 6.07 Å². The summed E-state index contributed by atoms with van der Waals surface area (Å²) in [5.74, 6) is 0.530. The van der Waals surface area contributed by atoms with Crippen LogP contribution in [0.1, 0.15) is 44.5 Å². The summed E-state index contributed by atoms with van der Waals surface area (Å²) in [5.41, 5.74) is 0.915. The maximum atomic E-state index is 12.4. The Balaban J connectivity index is 2.47. The summed E-state index contributed by atoms with van der Waals surface area (Å²) >= 11 is 0. The topological polar surface area (TPSA) is 78.8 Å². The Hall–Kier alpha value is -1.89. The highest BCUT2D eigenvalue weighted by Crippen LogP contribution is 2.33. The van der Waals surface area contributed by atoms with E-state index >= 15 is 0 Å². The third-order valence-corrected chi connectivity index (χ3v) is 4.90. The van der Waals surface area contributed by atoms with Gasteiger partial charge in [0.1, 0.15) is 10.7 Å². The van der Waals surface area contributed by atoms with Gasteiger partial charge < -0.3 is 10.2 Å². The predicted octanol–water partition coefficient (Wildman–Crippen LogP) is 2.41. The molecule has 126 valence electrons. The lowest BCUT2D eigenvalue weighted by atomic mass is 10.1. The van der Waals surface area contributed by atoms with E-state index in [1.807, 2.05) is 11.8 Å². The molecule has 0 aromatic heterocycles. The first-order valence-corrected chi connectivity index (χ1v) is 9.21. The van der Waals surface area contributed by atoms with Crippen LogP contribution in [0.4, 0.5) is 5.69 Å². The molecule has 1 heterocycles. The summed E-state index contributed by atoms with van der Waals surface area (Å²) in [6, 6.07) is 4.76. The number of anilines is 1. The summed E-state index contributed by atoms with van der Waals surface area (Å²) in [5, 5.41) is 2.75. The van der Waals surface area contributed by atoms with Crippen molar-refractivity contribution in [3.63, 3.8) is 0 Å². The number of carbonyl (C=O) groups is 1. The van der Waals surface area contributed by atoms with Crippen LogP contribution >= 0.6 is 0 Å². The van der Waals surface area contributed by atoms with E-state index in [1.54, 1.807) is 19.1 Å². The van der Waals surface area contributed by atoms with Crippen molar-refractivity contribution in [1.82, 2.24) is 5.32 Å². The van der Waals surface area contributed by atoms with Gasteiger partial charge in [-0.05, 0) is 37.5 Å². The van der Waals surface area contributed by atoms with E-state index in [-0.39, 0.29) is 10.8 Å². The van der Waals surface area contributed by atoms with Crippen molar-refractivity contribution >= 4 is 27.5 Å². The molecule has 6 nitrogen and oxygen atoms in total. The average molecular weight is 337 g/mol. The number of sulfonamides is 1. The molecule has 0 saturated carbocycles. The van der Waals surface area contributed by atoms with Crippen molar-refractivity contribution in [2.24, 2.45) is 10.3 Å². The van der Waals surface area contributed by atoms with Gasteiger partial charge in [0, 0.05) is 18.7 Å². The fraction of sp³-hybridized carbons (Fsp3) is 0.500. The van der Waals surface area contributed by atoms with Gasteiger partial charge in [0.15, 0.2) is 0 Å². The number of hydrogen-bond donors (Lipinski definition) is 1. The highest BCUT2D eigenvalue weighted by atomic mass is 32.2. The van der Waals surface area contributed by atoms with E-state index in [2.05, 4.69) is 23.6 Å². The Bertz CT molecular complexity index is 739. The Labute approximate surface area is 137 Å². The third kappa shape index (κ3) is 3.72. The number of nitrogens with one attached hydrogen (secondary N) is 1. The normalized spacial score (nSPS) is 16.0. The van der Waals surface area contributed by atoms with Crippen molar-refractivity contribution < 1.29 is 13.2 Å². The Morgan fingerprint density at radius 2 is 2.04 bits per heavy atom. The van der Waals surface area contributed by atoms with Crippen molar-refractivity contribution in [3.05, 3.63) is 23.8 Å². The van der Waals surface area contributed by atoms with Crippen molar-refractivity contribution in [3.8, 4) is 0 Å². The zero-order chi connectivity index (χ0) is 17.2. The lowest BCUT2D eigenvalue weighted by molar-refractivity contribution is 0.0953. The average Bonchev–Trinajstić information content (AvgIpc) is 2.48.